The predicted octanol–water partition coefficient (Wildman–Crippen LogP) is 1.73. The molecule has 1 heterocycles. The van der Waals surface area contributed by atoms with Crippen LogP contribution in [0.5, 0.6) is 11.6 Å². The number of hydrogen-bond acceptors (Lipinski definition) is 5. The van der Waals surface area contributed by atoms with Crippen LogP contribution in [-0.2, 0) is 0 Å². The van der Waals surface area contributed by atoms with Crippen molar-refractivity contribution in [2.24, 2.45) is 0 Å². The topological polar surface area (TPSA) is 108 Å². The predicted molar refractivity (Wildman–Crippen MR) is 77.8 cm³/mol. The second-order valence-electron chi connectivity index (χ2n) is 5.18. The van der Waals surface area contributed by atoms with E-state index in [0.717, 1.165) is 5.56 Å². The van der Waals surface area contributed by atoms with Gasteiger partial charge in [0.15, 0.2) is 0 Å². The van der Waals surface area contributed by atoms with Gasteiger partial charge in [-0.15, -0.1) is 0 Å². The van der Waals surface area contributed by atoms with Gasteiger partial charge >= 0.3 is 5.97 Å². The van der Waals surface area contributed by atoms with Crippen LogP contribution in [0, 0.1) is 18.8 Å². The maximum atomic E-state index is 11.0. The normalized spacial score (nSPS) is 10.7. The van der Waals surface area contributed by atoms with E-state index in [-0.39, 0.29) is 11.6 Å². The molecule has 1 aromatic heterocycles. The second kappa shape index (κ2) is 5.87. The number of carboxylic acid groups (broad SMARTS) is 1. The van der Waals surface area contributed by atoms with Crippen LogP contribution in [0.2, 0.25) is 0 Å². The lowest BCUT2D eigenvalue weighted by molar-refractivity contribution is 0.0687. The number of aromatic nitrogens is 3. The lowest BCUT2D eigenvalue weighted by atomic mass is 10.1. The Bertz CT molecular complexity index is 763. The molecule has 7 heteroatoms. The van der Waals surface area contributed by atoms with E-state index >= 15 is 0 Å². The second-order valence-corrected chi connectivity index (χ2v) is 5.18. The number of rotatable bonds is 3. The van der Waals surface area contributed by atoms with Gasteiger partial charge in [0, 0.05) is 5.56 Å². The van der Waals surface area contributed by atoms with Crippen LogP contribution in [0.25, 0.3) is 0 Å². The van der Waals surface area contributed by atoms with Gasteiger partial charge in [0.25, 0.3) is 5.88 Å². The molecule has 22 heavy (non-hydrogen) atoms. The van der Waals surface area contributed by atoms with Gasteiger partial charge in [-0.3, -0.25) is 0 Å². The molecule has 0 radical (unpaired) electrons. The molecular weight excluding hydrogens is 286 g/mol. The highest BCUT2D eigenvalue weighted by Crippen LogP contribution is 2.24. The summed E-state index contributed by atoms with van der Waals surface area (Å²) in [5.74, 6) is 4.62. The molecule has 0 bridgehead atoms. The first-order valence-electron chi connectivity index (χ1n) is 6.44. The van der Waals surface area contributed by atoms with Crippen molar-refractivity contribution in [1.82, 2.24) is 15.4 Å². The van der Waals surface area contributed by atoms with Crippen LogP contribution < -0.4 is 4.74 Å². The summed E-state index contributed by atoms with van der Waals surface area (Å²) >= 11 is 0. The summed E-state index contributed by atoms with van der Waals surface area (Å²) < 4.78 is 5.42. The van der Waals surface area contributed by atoms with Crippen molar-refractivity contribution in [3.63, 3.8) is 0 Å². The number of benzene rings is 1. The average molecular weight is 301 g/mol. The fourth-order valence-electron chi connectivity index (χ4n) is 1.56. The first kappa shape index (κ1) is 15.5. The van der Waals surface area contributed by atoms with Gasteiger partial charge in [0.1, 0.15) is 11.4 Å². The van der Waals surface area contributed by atoms with Crippen molar-refractivity contribution in [1.29, 1.82) is 0 Å². The van der Waals surface area contributed by atoms with Crippen LogP contribution >= 0.6 is 0 Å². The first-order chi connectivity index (χ1) is 10.3. The van der Waals surface area contributed by atoms with E-state index < -0.39 is 11.6 Å². The fraction of sp³-hybridized carbons (Fsp3) is 0.267. The minimum atomic E-state index is -1.21. The summed E-state index contributed by atoms with van der Waals surface area (Å²) in [5.41, 5.74) is 0.235. The Kier molecular flexibility index (Phi) is 4.15. The zero-order valence-electron chi connectivity index (χ0n) is 12.3. The number of ether oxygens (including phenoxy) is 1. The van der Waals surface area contributed by atoms with Crippen molar-refractivity contribution in [3.8, 4) is 23.5 Å². The van der Waals surface area contributed by atoms with E-state index in [1.165, 1.54) is 0 Å². The van der Waals surface area contributed by atoms with Crippen LogP contribution in [0.4, 0.5) is 0 Å². The van der Waals surface area contributed by atoms with Crippen molar-refractivity contribution >= 4 is 5.97 Å². The lowest BCUT2D eigenvalue weighted by Gasteiger charge is -2.08. The van der Waals surface area contributed by atoms with E-state index in [9.17, 15) is 9.90 Å². The van der Waals surface area contributed by atoms with Crippen LogP contribution in [0.3, 0.4) is 0 Å². The monoisotopic (exact) mass is 301 g/mol. The number of carboxylic acids is 1. The molecule has 0 aliphatic rings. The highest BCUT2D eigenvalue weighted by molar-refractivity contribution is 5.87. The van der Waals surface area contributed by atoms with Crippen molar-refractivity contribution < 1.29 is 19.7 Å². The van der Waals surface area contributed by atoms with Crippen molar-refractivity contribution in [2.75, 3.05) is 0 Å². The van der Waals surface area contributed by atoms with E-state index in [1.807, 2.05) is 6.92 Å². The Morgan fingerprint density at radius 2 is 2.14 bits per heavy atom. The smallest absolute Gasteiger partial charge is 0.359 e. The SMILES string of the molecule is Cc1ccc(Oc2nn[nH]c2C(=O)O)cc1C#CC(C)(C)O. The van der Waals surface area contributed by atoms with E-state index in [2.05, 4.69) is 27.3 Å². The summed E-state index contributed by atoms with van der Waals surface area (Å²) in [6.07, 6.45) is 0. The van der Waals surface area contributed by atoms with Gasteiger partial charge in [0.05, 0.1) is 0 Å². The Morgan fingerprint density at radius 1 is 1.41 bits per heavy atom. The number of aliphatic hydroxyl groups is 1. The number of hydrogen-bond donors (Lipinski definition) is 3. The maximum absolute atomic E-state index is 11.0. The zero-order chi connectivity index (χ0) is 16.3. The van der Waals surface area contributed by atoms with Gasteiger partial charge < -0.3 is 14.9 Å². The molecule has 0 unspecified atom stereocenters. The molecule has 0 saturated carbocycles. The van der Waals surface area contributed by atoms with Gasteiger partial charge in [0.2, 0.25) is 5.69 Å². The minimum absolute atomic E-state index is 0.127. The summed E-state index contributed by atoms with van der Waals surface area (Å²) in [6.45, 7) is 5.05. The molecule has 2 rings (SSSR count). The van der Waals surface area contributed by atoms with Gasteiger partial charge in [-0.2, -0.15) is 0 Å². The highest BCUT2D eigenvalue weighted by atomic mass is 16.5. The van der Waals surface area contributed by atoms with Gasteiger partial charge in [-0.05, 0) is 38.5 Å². The number of aromatic carboxylic acids is 1. The fourth-order valence-corrected chi connectivity index (χ4v) is 1.56. The lowest BCUT2D eigenvalue weighted by Crippen LogP contribution is -2.14. The van der Waals surface area contributed by atoms with Gasteiger partial charge in [-0.1, -0.05) is 28.2 Å². The molecule has 0 atom stereocenters. The highest BCUT2D eigenvalue weighted by Gasteiger charge is 2.16. The zero-order valence-corrected chi connectivity index (χ0v) is 12.3. The molecule has 114 valence electrons. The van der Waals surface area contributed by atoms with Crippen LogP contribution in [0.1, 0.15) is 35.5 Å². The number of aromatic amines is 1. The molecule has 0 aliphatic carbocycles. The Hall–Kier alpha value is -2.85. The molecule has 3 N–H and O–H groups in total. The Labute approximate surface area is 126 Å². The molecule has 7 nitrogen and oxygen atoms in total. The van der Waals surface area contributed by atoms with E-state index in [1.54, 1.807) is 32.0 Å². The van der Waals surface area contributed by atoms with Crippen LogP contribution in [0.15, 0.2) is 18.2 Å². The number of nitrogens with one attached hydrogen (secondary N) is 1. The Morgan fingerprint density at radius 3 is 2.77 bits per heavy atom. The molecular formula is C15H15N3O4. The maximum Gasteiger partial charge on any atom is 0.359 e. The molecule has 2 aromatic rings. The third-order valence-electron chi connectivity index (χ3n) is 2.66. The molecule has 0 saturated heterocycles. The molecule has 0 amide bonds. The third-order valence-corrected chi connectivity index (χ3v) is 2.66. The largest absolute Gasteiger partial charge is 0.476 e. The molecule has 0 aliphatic heterocycles. The molecule has 0 fully saturated rings. The van der Waals surface area contributed by atoms with E-state index in [4.69, 9.17) is 9.84 Å². The number of nitrogens with zero attached hydrogens (tertiary/aromatic N) is 2. The van der Waals surface area contributed by atoms with Crippen molar-refractivity contribution in [2.45, 2.75) is 26.4 Å². The van der Waals surface area contributed by atoms with E-state index in [0.29, 0.717) is 11.3 Å². The Balaban J connectivity index is 2.31. The number of aryl methyl sites for hydroxylation is 1. The van der Waals surface area contributed by atoms with Gasteiger partial charge in [-0.25, -0.2) is 9.89 Å². The third kappa shape index (κ3) is 3.84. The standard InChI is InChI=1S/C15H15N3O4/c1-9-4-5-11(8-10(9)6-7-15(2,3)21)22-13-12(14(19)20)16-18-17-13/h4-5,8,21H,1-3H3,(H,19,20)(H,16,17,18). The molecule has 1 aromatic carbocycles. The summed E-state index contributed by atoms with van der Waals surface area (Å²) in [7, 11) is 0. The summed E-state index contributed by atoms with van der Waals surface area (Å²) in [5, 5.41) is 27.9. The minimum Gasteiger partial charge on any atom is -0.476 e. The van der Waals surface area contributed by atoms with Crippen molar-refractivity contribution in [3.05, 3.63) is 35.0 Å². The quantitative estimate of drug-likeness (QED) is 0.745. The average Bonchev–Trinajstić information content (AvgIpc) is 2.86. The number of H-pyrrole nitrogens is 1. The summed E-state index contributed by atoms with van der Waals surface area (Å²) in [6, 6.07) is 5.10. The van der Waals surface area contributed by atoms with Crippen LogP contribution in [-0.4, -0.2) is 37.2 Å². The number of carbonyl (C=O) groups is 1. The summed E-state index contributed by atoms with van der Waals surface area (Å²) in [4.78, 5) is 11.0. The molecule has 0 spiro atoms. The first-order valence-corrected chi connectivity index (χ1v) is 6.44.